The molecule has 0 saturated heterocycles. The molecule has 1 aromatic heterocycles. The molecular formula is C8H6BrF3INO2. The van der Waals surface area contributed by atoms with Crippen molar-refractivity contribution in [3.05, 3.63) is 15.2 Å². The first-order valence-corrected chi connectivity index (χ1v) is 6.12. The van der Waals surface area contributed by atoms with Crippen LogP contribution in [0, 0.1) is 3.57 Å². The summed E-state index contributed by atoms with van der Waals surface area (Å²) in [5.74, 6) is -0.397. The fraction of sp³-hybridized carbons (Fsp3) is 0.375. The molecule has 0 fully saturated rings. The third-order valence-electron chi connectivity index (χ3n) is 1.53. The van der Waals surface area contributed by atoms with E-state index in [-0.39, 0.29) is 11.2 Å². The SMILES string of the molecule is COc1nc(OC(F)(F)F)c(CBr)cc1I. The minimum Gasteiger partial charge on any atom is -0.480 e. The predicted octanol–water partition coefficient (Wildman–Crippen LogP) is 3.49. The molecule has 1 heterocycles. The van der Waals surface area contributed by atoms with Crippen LogP contribution in [0.5, 0.6) is 11.8 Å². The summed E-state index contributed by atoms with van der Waals surface area (Å²) in [4.78, 5) is 3.64. The van der Waals surface area contributed by atoms with E-state index >= 15 is 0 Å². The van der Waals surface area contributed by atoms with Crippen molar-refractivity contribution < 1.29 is 22.6 Å². The van der Waals surface area contributed by atoms with E-state index in [1.165, 1.54) is 13.2 Å². The number of hydrogen-bond donors (Lipinski definition) is 0. The molecule has 0 saturated carbocycles. The molecule has 3 nitrogen and oxygen atoms in total. The highest BCUT2D eigenvalue weighted by molar-refractivity contribution is 14.1. The van der Waals surface area contributed by atoms with Gasteiger partial charge in [-0.1, -0.05) is 15.9 Å². The predicted molar refractivity (Wildman–Crippen MR) is 62.8 cm³/mol. The van der Waals surface area contributed by atoms with Crippen molar-refractivity contribution >= 4 is 38.5 Å². The summed E-state index contributed by atoms with van der Waals surface area (Å²) >= 11 is 4.98. The van der Waals surface area contributed by atoms with Gasteiger partial charge in [0.15, 0.2) is 0 Å². The molecule has 0 radical (unpaired) electrons. The first kappa shape index (κ1) is 13.8. The van der Waals surface area contributed by atoms with Crippen molar-refractivity contribution in [3.63, 3.8) is 0 Å². The van der Waals surface area contributed by atoms with Crippen molar-refractivity contribution in [1.82, 2.24) is 4.98 Å². The van der Waals surface area contributed by atoms with E-state index < -0.39 is 12.2 Å². The average Bonchev–Trinajstić information content (AvgIpc) is 2.18. The van der Waals surface area contributed by atoms with Crippen LogP contribution in [0.15, 0.2) is 6.07 Å². The zero-order valence-electron chi connectivity index (χ0n) is 7.94. The lowest BCUT2D eigenvalue weighted by molar-refractivity contribution is -0.276. The van der Waals surface area contributed by atoms with Crippen LogP contribution >= 0.6 is 38.5 Å². The summed E-state index contributed by atoms with van der Waals surface area (Å²) in [5, 5.41) is 0.214. The number of alkyl halides is 4. The summed E-state index contributed by atoms with van der Waals surface area (Å²) in [7, 11) is 1.33. The number of rotatable bonds is 3. The molecule has 1 rings (SSSR count). The van der Waals surface area contributed by atoms with Crippen molar-refractivity contribution in [2.24, 2.45) is 0 Å². The molecule has 0 aliphatic heterocycles. The number of ether oxygens (including phenoxy) is 2. The Bertz CT molecular complexity index is 386. The number of halogens is 5. The third kappa shape index (κ3) is 3.65. The van der Waals surface area contributed by atoms with Gasteiger partial charge in [-0.3, -0.25) is 0 Å². The minimum atomic E-state index is -4.76. The highest BCUT2D eigenvalue weighted by Crippen LogP contribution is 2.31. The van der Waals surface area contributed by atoms with Crippen LogP contribution < -0.4 is 9.47 Å². The van der Waals surface area contributed by atoms with Crippen LogP contribution in [0.3, 0.4) is 0 Å². The number of nitrogens with zero attached hydrogens (tertiary/aromatic N) is 1. The van der Waals surface area contributed by atoms with E-state index in [0.717, 1.165) is 0 Å². The molecule has 8 heteroatoms. The first-order valence-electron chi connectivity index (χ1n) is 3.92. The zero-order valence-corrected chi connectivity index (χ0v) is 11.7. The molecule has 0 atom stereocenters. The molecule has 90 valence electrons. The van der Waals surface area contributed by atoms with Gasteiger partial charge in [0.05, 0.1) is 10.7 Å². The maximum absolute atomic E-state index is 12.1. The van der Waals surface area contributed by atoms with Gasteiger partial charge >= 0.3 is 6.36 Å². The molecule has 0 bridgehead atoms. The third-order valence-corrected chi connectivity index (χ3v) is 2.91. The maximum atomic E-state index is 12.1. The quantitative estimate of drug-likeness (QED) is 0.563. The Kier molecular flexibility index (Phi) is 4.65. The Hall–Kier alpha value is -0.250. The van der Waals surface area contributed by atoms with E-state index in [2.05, 4.69) is 25.7 Å². The Balaban J connectivity index is 3.15. The lowest BCUT2D eigenvalue weighted by Crippen LogP contribution is -2.19. The minimum absolute atomic E-state index is 0.101. The van der Waals surface area contributed by atoms with Crippen molar-refractivity contribution in [2.75, 3.05) is 7.11 Å². The van der Waals surface area contributed by atoms with Crippen LogP contribution in [0.25, 0.3) is 0 Å². The molecular weight excluding hydrogens is 406 g/mol. The second-order valence-corrected chi connectivity index (χ2v) is 4.35. The van der Waals surface area contributed by atoms with Gasteiger partial charge in [-0.25, -0.2) is 0 Å². The van der Waals surface area contributed by atoms with E-state index in [4.69, 9.17) is 4.74 Å². The normalized spacial score (nSPS) is 11.4. The van der Waals surface area contributed by atoms with Crippen molar-refractivity contribution in [1.29, 1.82) is 0 Å². The Morgan fingerprint density at radius 3 is 2.50 bits per heavy atom. The lowest BCUT2D eigenvalue weighted by atomic mass is 10.3. The van der Waals surface area contributed by atoms with Gasteiger partial charge in [-0.15, -0.1) is 13.2 Å². The smallest absolute Gasteiger partial charge is 0.480 e. The summed E-state index contributed by atoms with van der Waals surface area (Å²) in [5.41, 5.74) is 0.308. The largest absolute Gasteiger partial charge is 0.574 e. The summed E-state index contributed by atoms with van der Waals surface area (Å²) < 4.78 is 45.5. The monoisotopic (exact) mass is 411 g/mol. The molecule has 0 aliphatic rings. The van der Waals surface area contributed by atoms with Gasteiger partial charge in [-0.05, 0) is 28.7 Å². The fourth-order valence-corrected chi connectivity index (χ4v) is 2.05. The topological polar surface area (TPSA) is 31.4 Å². The number of methoxy groups -OCH3 is 1. The fourth-order valence-electron chi connectivity index (χ4n) is 0.931. The van der Waals surface area contributed by atoms with Crippen LogP contribution in [0.1, 0.15) is 5.56 Å². The molecule has 0 aromatic carbocycles. The van der Waals surface area contributed by atoms with Gasteiger partial charge in [0, 0.05) is 10.9 Å². The molecule has 0 amide bonds. The highest BCUT2D eigenvalue weighted by atomic mass is 127. The van der Waals surface area contributed by atoms with Gasteiger partial charge < -0.3 is 9.47 Å². The van der Waals surface area contributed by atoms with Gasteiger partial charge in [0.25, 0.3) is 0 Å². The van der Waals surface area contributed by atoms with E-state index in [9.17, 15) is 13.2 Å². The Morgan fingerprint density at radius 2 is 2.06 bits per heavy atom. The average molecular weight is 412 g/mol. The second-order valence-electron chi connectivity index (χ2n) is 2.63. The molecule has 0 aliphatic carbocycles. The number of aromatic nitrogens is 1. The van der Waals surface area contributed by atoms with E-state index in [1.54, 1.807) is 0 Å². The molecule has 1 aromatic rings. The first-order chi connectivity index (χ1) is 7.37. The van der Waals surface area contributed by atoms with Crippen LogP contribution in [0.2, 0.25) is 0 Å². The molecule has 0 spiro atoms. The summed E-state index contributed by atoms with van der Waals surface area (Å²) in [6.07, 6.45) is -4.76. The number of pyridine rings is 1. The highest BCUT2D eigenvalue weighted by Gasteiger charge is 2.33. The summed E-state index contributed by atoms with van der Waals surface area (Å²) in [6, 6.07) is 1.52. The Labute approximate surface area is 112 Å². The zero-order chi connectivity index (χ0) is 12.3. The van der Waals surface area contributed by atoms with E-state index in [0.29, 0.717) is 9.13 Å². The van der Waals surface area contributed by atoms with Crippen molar-refractivity contribution in [3.8, 4) is 11.8 Å². The van der Waals surface area contributed by atoms with Crippen LogP contribution in [-0.4, -0.2) is 18.5 Å². The second kappa shape index (κ2) is 5.39. The lowest BCUT2D eigenvalue weighted by Gasteiger charge is -2.12. The van der Waals surface area contributed by atoms with Gasteiger partial charge in [0.2, 0.25) is 11.8 Å². The van der Waals surface area contributed by atoms with Crippen LogP contribution in [-0.2, 0) is 5.33 Å². The standard InChI is InChI=1S/C8H6BrF3INO2/c1-15-7-5(13)2-4(3-9)6(14-7)16-8(10,11)12/h2H,3H2,1H3. The van der Waals surface area contributed by atoms with Gasteiger partial charge in [0.1, 0.15) is 0 Å². The number of hydrogen-bond acceptors (Lipinski definition) is 3. The molecule has 16 heavy (non-hydrogen) atoms. The van der Waals surface area contributed by atoms with Gasteiger partial charge in [-0.2, -0.15) is 4.98 Å². The maximum Gasteiger partial charge on any atom is 0.574 e. The Morgan fingerprint density at radius 1 is 1.44 bits per heavy atom. The van der Waals surface area contributed by atoms with Crippen LogP contribution in [0.4, 0.5) is 13.2 Å². The van der Waals surface area contributed by atoms with Crippen molar-refractivity contribution in [2.45, 2.75) is 11.7 Å². The van der Waals surface area contributed by atoms with E-state index in [1.807, 2.05) is 22.6 Å². The molecule has 0 unspecified atom stereocenters. The summed E-state index contributed by atoms with van der Waals surface area (Å²) in [6.45, 7) is 0. The molecule has 0 N–H and O–H groups in total.